The molecule has 0 aliphatic carbocycles. The Morgan fingerprint density at radius 1 is 1.50 bits per heavy atom. The standard InChI is InChI=1S/C10H14N2O3S/c1-6(2)11-8(13)4-9-12-7(5-16-9)3-10(14)15/h5-6H,3-4H2,1-2H3,(H,11,13)(H,14,15). The molecule has 0 atom stereocenters. The molecule has 0 saturated heterocycles. The van der Waals surface area contributed by atoms with E-state index < -0.39 is 5.97 Å². The van der Waals surface area contributed by atoms with E-state index in [-0.39, 0.29) is 24.8 Å². The van der Waals surface area contributed by atoms with Crippen LogP contribution in [0.4, 0.5) is 0 Å². The Kier molecular flexibility index (Phi) is 4.42. The van der Waals surface area contributed by atoms with E-state index in [0.717, 1.165) is 0 Å². The van der Waals surface area contributed by atoms with E-state index >= 15 is 0 Å². The summed E-state index contributed by atoms with van der Waals surface area (Å²) in [7, 11) is 0. The Labute approximate surface area is 97.5 Å². The van der Waals surface area contributed by atoms with Crippen molar-refractivity contribution in [2.45, 2.75) is 32.7 Å². The third-order valence-electron chi connectivity index (χ3n) is 1.69. The van der Waals surface area contributed by atoms with Gasteiger partial charge in [-0.15, -0.1) is 11.3 Å². The number of hydrogen-bond donors (Lipinski definition) is 2. The van der Waals surface area contributed by atoms with Crippen LogP contribution < -0.4 is 5.32 Å². The average Bonchev–Trinajstić information content (AvgIpc) is 2.49. The first-order chi connectivity index (χ1) is 7.47. The van der Waals surface area contributed by atoms with Crippen molar-refractivity contribution >= 4 is 23.2 Å². The summed E-state index contributed by atoms with van der Waals surface area (Å²) >= 11 is 1.31. The molecule has 0 aliphatic rings. The van der Waals surface area contributed by atoms with Crippen LogP contribution in [0, 0.1) is 0 Å². The number of carbonyl (C=O) groups is 2. The van der Waals surface area contributed by atoms with Crippen molar-refractivity contribution in [3.05, 3.63) is 16.1 Å². The predicted molar refractivity (Wildman–Crippen MR) is 60.4 cm³/mol. The number of aliphatic carboxylic acids is 1. The first-order valence-electron chi connectivity index (χ1n) is 4.92. The van der Waals surface area contributed by atoms with Crippen LogP contribution >= 0.6 is 11.3 Å². The Morgan fingerprint density at radius 3 is 2.75 bits per heavy atom. The van der Waals surface area contributed by atoms with Crippen LogP contribution in [-0.4, -0.2) is 28.0 Å². The molecule has 0 bridgehead atoms. The highest BCUT2D eigenvalue weighted by Gasteiger charge is 2.10. The van der Waals surface area contributed by atoms with E-state index in [1.54, 1.807) is 5.38 Å². The van der Waals surface area contributed by atoms with Gasteiger partial charge in [0.25, 0.3) is 0 Å². The zero-order valence-electron chi connectivity index (χ0n) is 9.19. The SMILES string of the molecule is CC(C)NC(=O)Cc1nc(CC(=O)O)cs1. The second-order valence-corrected chi connectivity index (χ2v) is 4.64. The number of nitrogens with zero attached hydrogens (tertiary/aromatic N) is 1. The summed E-state index contributed by atoms with van der Waals surface area (Å²) in [4.78, 5) is 25.9. The van der Waals surface area contributed by atoms with Gasteiger partial charge >= 0.3 is 5.97 Å². The molecular formula is C10H14N2O3S. The number of carboxylic acid groups (broad SMARTS) is 1. The largest absolute Gasteiger partial charge is 0.481 e. The van der Waals surface area contributed by atoms with Gasteiger partial charge in [-0.25, -0.2) is 4.98 Å². The summed E-state index contributed by atoms with van der Waals surface area (Å²) in [5.74, 6) is -1.00. The number of thiazole rings is 1. The summed E-state index contributed by atoms with van der Waals surface area (Å²) < 4.78 is 0. The fourth-order valence-electron chi connectivity index (χ4n) is 1.18. The number of amides is 1. The van der Waals surface area contributed by atoms with Crippen LogP contribution in [0.3, 0.4) is 0 Å². The van der Waals surface area contributed by atoms with Crippen LogP contribution in [0.1, 0.15) is 24.5 Å². The summed E-state index contributed by atoms with van der Waals surface area (Å²) in [6.07, 6.45) is 0.116. The molecule has 0 aliphatic heterocycles. The molecule has 0 radical (unpaired) electrons. The number of carbonyl (C=O) groups excluding carboxylic acids is 1. The van der Waals surface area contributed by atoms with Gasteiger partial charge < -0.3 is 10.4 Å². The molecule has 0 unspecified atom stereocenters. The molecule has 5 nitrogen and oxygen atoms in total. The van der Waals surface area contributed by atoms with Crippen LogP contribution in [0.5, 0.6) is 0 Å². The van der Waals surface area contributed by atoms with Crippen LogP contribution in [0.15, 0.2) is 5.38 Å². The van der Waals surface area contributed by atoms with Gasteiger partial charge in [0.2, 0.25) is 5.91 Å². The smallest absolute Gasteiger partial charge is 0.309 e. The number of aromatic nitrogens is 1. The van der Waals surface area contributed by atoms with Crippen LogP contribution in [-0.2, 0) is 22.4 Å². The minimum Gasteiger partial charge on any atom is -0.481 e. The molecule has 16 heavy (non-hydrogen) atoms. The van der Waals surface area contributed by atoms with Gasteiger partial charge in [0.05, 0.1) is 18.5 Å². The lowest BCUT2D eigenvalue weighted by molar-refractivity contribution is -0.136. The average molecular weight is 242 g/mol. The van der Waals surface area contributed by atoms with Gasteiger partial charge in [-0.2, -0.15) is 0 Å². The molecule has 1 rings (SSSR count). The molecule has 2 N–H and O–H groups in total. The molecule has 0 spiro atoms. The zero-order chi connectivity index (χ0) is 12.1. The molecule has 0 fully saturated rings. The highest BCUT2D eigenvalue weighted by molar-refractivity contribution is 7.09. The molecular weight excluding hydrogens is 228 g/mol. The first kappa shape index (κ1) is 12.6. The molecule has 6 heteroatoms. The molecule has 1 heterocycles. The van der Waals surface area contributed by atoms with Crippen molar-refractivity contribution in [2.75, 3.05) is 0 Å². The van der Waals surface area contributed by atoms with Gasteiger partial charge in [-0.05, 0) is 13.8 Å². The molecule has 88 valence electrons. The third kappa shape index (κ3) is 4.39. The van der Waals surface area contributed by atoms with Crippen molar-refractivity contribution in [2.24, 2.45) is 0 Å². The maximum atomic E-state index is 11.4. The van der Waals surface area contributed by atoms with E-state index in [4.69, 9.17) is 5.11 Å². The molecule has 1 aromatic heterocycles. The van der Waals surface area contributed by atoms with E-state index in [0.29, 0.717) is 10.7 Å². The van der Waals surface area contributed by atoms with E-state index in [2.05, 4.69) is 10.3 Å². The van der Waals surface area contributed by atoms with Crippen LogP contribution in [0.2, 0.25) is 0 Å². The number of rotatable bonds is 5. The zero-order valence-corrected chi connectivity index (χ0v) is 10.0. The maximum Gasteiger partial charge on any atom is 0.309 e. The van der Waals surface area contributed by atoms with Crippen molar-refractivity contribution in [3.63, 3.8) is 0 Å². The Hall–Kier alpha value is -1.43. The molecule has 0 saturated carbocycles. The lowest BCUT2D eigenvalue weighted by Gasteiger charge is -2.06. The normalized spacial score (nSPS) is 10.4. The predicted octanol–water partition coefficient (Wildman–Crippen LogP) is 0.837. The van der Waals surface area contributed by atoms with E-state index in [1.807, 2.05) is 13.8 Å². The summed E-state index contributed by atoms with van der Waals surface area (Å²) in [5.41, 5.74) is 0.504. The van der Waals surface area contributed by atoms with Gasteiger partial charge in [0, 0.05) is 11.4 Å². The van der Waals surface area contributed by atoms with E-state index in [1.165, 1.54) is 11.3 Å². The Bertz CT molecular complexity index is 387. The number of carboxylic acids is 1. The lowest BCUT2D eigenvalue weighted by atomic mass is 10.3. The molecule has 1 aromatic rings. The van der Waals surface area contributed by atoms with Crippen molar-refractivity contribution in [1.82, 2.24) is 10.3 Å². The minimum atomic E-state index is -0.913. The van der Waals surface area contributed by atoms with Gasteiger partial charge in [0.15, 0.2) is 0 Å². The van der Waals surface area contributed by atoms with Crippen LogP contribution in [0.25, 0.3) is 0 Å². The van der Waals surface area contributed by atoms with Gasteiger partial charge in [-0.3, -0.25) is 9.59 Å². The highest BCUT2D eigenvalue weighted by atomic mass is 32.1. The minimum absolute atomic E-state index is 0.0915. The summed E-state index contributed by atoms with van der Waals surface area (Å²) in [5, 5.41) is 13.6. The fourth-order valence-corrected chi connectivity index (χ4v) is 1.97. The first-order valence-corrected chi connectivity index (χ1v) is 5.79. The van der Waals surface area contributed by atoms with Gasteiger partial charge in [0.1, 0.15) is 5.01 Å². The lowest BCUT2D eigenvalue weighted by Crippen LogP contribution is -2.31. The third-order valence-corrected chi connectivity index (χ3v) is 2.59. The summed E-state index contributed by atoms with van der Waals surface area (Å²) in [6.45, 7) is 3.77. The Morgan fingerprint density at radius 2 is 2.19 bits per heavy atom. The Balaban J connectivity index is 2.51. The maximum absolute atomic E-state index is 11.4. The monoisotopic (exact) mass is 242 g/mol. The molecule has 1 amide bonds. The quantitative estimate of drug-likeness (QED) is 0.801. The second kappa shape index (κ2) is 5.60. The van der Waals surface area contributed by atoms with E-state index in [9.17, 15) is 9.59 Å². The van der Waals surface area contributed by atoms with Crippen molar-refractivity contribution < 1.29 is 14.7 Å². The topological polar surface area (TPSA) is 79.3 Å². The molecule has 0 aromatic carbocycles. The van der Waals surface area contributed by atoms with Crippen molar-refractivity contribution in [1.29, 1.82) is 0 Å². The summed E-state index contributed by atoms with van der Waals surface area (Å²) in [6, 6.07) is 0.103. The fraction of sp³-hybridized carbons (Fsp3) is 0.500. The van der Waals surface area contributed by atoms with Crippen molar-refractivity contribution in [3.8, 4) is 0 Å². The van der Waals surface area contributed by atoms with Gasteiger partial charge in [-0.1, -0.05) is 0 Å². The second-order valence-electron chi connectivity index (χ2n) is 3.70. The number of hydrogen-bond acceptors (Lipinski definition) is 4. The number of nitrogens with one attached hydrogen (secondary N) is 1. The highest BCUT2D eigenvalue weighted by Crippen LogP contribution is 2.11.